The molecule has 112 valence electrons. The van der Waals surface area contributed by atoms with Gasteiger partial charge in [0.2, 0.25) is 0 Å². The van der Waals surface area contributed by atoms with E-state index in [1.807, 2.05) is 13.1 Å². The topological polar surface area (TPSA) is 56.1 Å². The van der Waals surface area contributed by atoms with E-state index in [0.29, 0.717) is 18.8 Å². The highest BCUT2D eigenvalue weighted by atomic mass is 16.5. The molecule has 0 fully saturated rings. The zero-order chi connectivity index (χ0) is 15.4. The summed E-state index contributed by atoms with van der Waals surface area (Å²) in [4.78, 5) is 12.0. The lowest BCUT2D eigenvalue weighted by atomic mass is 10.0. The Morgan fingerprint density at radius 2 is 2.10 bits per heavy atom. The zero-order valence-corrected chi connectivity index (χ0v) is 12.9. The number of hydrogen-bond donors (Lipinski definition) is 1. The Balaban J connectivity index is 2.24. The van der Waals surface area contributed by atoms with Crippen LogP contribution in [0.3, 0.4) is 0 Å². The number of rotatable bonds is 5. The molecule has 1 heterocycles. The van der Waals surface area contributed by atoms with Gasteiger partial charge in [-0.1, -0.05) is 23.8 Å². The standard InChI is InChI=1S/C16H21N3O2/c1-11-5-6-13(12(2)9-11)15-10-14(18-19(15)3)16(20)17-7-8-21-4/h5-6,9-10H,7-8H2,1-4H3,(H,17,20). The number of amides is 1. The minimum absolute atomic E-state index is 0.182. The summed E-state index contributed by atoms with van der Waals surface area (Å²) in [6.45, 7) is 5.09. The first kappa shape index (κ1) is 15.3. The molecule has 1 aromatic heterocycles. The summed E-state index contributed by atoms with van der Waals surface area (Å²) in [6, 6.07) is 8.07. The number of hydrogen-bond acceptors (Lipinski definition) is 3. The average Bonchev–Trinajstić information content (AvgIpc) is 2.81. The molecule has 1 N–H and O–H groups in total. The molecule has 2 aromatic rings. The molecule has 1 amide bonds. The summed E-state index contributed by atoms with van der Waals surface area (Å²) in [5.41, 5.74) is 4.83. The van der Waals surface area contributed by atoms with Crippen LogP contribution in [-0.4, -0.2) is 35.9 Å². The number of aryl methyl sites for hydroxylation is 3. The van der Waals surface area contributed by atoms with E-state index in [1.54, 1.807) is 11.8 Å². The number of methoxy groups -OCH3 is 1. The summed E-state index contributed by atoms with van der Waals surface area (Å²) in [7, 11) is 3.45. The number of nitrogens with one attached hydrogen (secondary N) is 1. The highest BCUT2D eigenvalue weighted by Gasteiger charge is 2.14. The van der Waals surface area contributed by atoms with Crippen LogP contribution >= 0.6 is 0 Å². The Morgan fingerprint density at radius 1 is 1.33 bits per heavy atom. The summed E-state index contributed by atoms with van der Waals surface area (Å²) in [5.74, 6) is -0.182. The minimum Gasteiger partial charge on any atom is -0.383 e. The quantitative estimate of drug-likeness (QED) is 0.857. The average molecular weight is 287 g/mol. The normalized spacial score (nSPS) is 10.7. The van der Waals surface area contributed by atoms with Gasteiger partial charge in [-0.25, -0.2) is 0 Å². The maximum absolute atomic E-state index is 12.0. The smallest absolute Gasteiger partial charge is 0.271 e. The van der Waals surface area contributed by atoms with Crippen LogP contribution in [0.15, 0.2) is 24.3 Å². The van der Waals surface area contributed by atoms with E-state index in [2.05, 4.69) is 42.5 Å². The monoisotopic (exact) mass is 287 g/mol. The van der Waals surface area contributed by atoms with Crippen LogP contribution < -0.4 is 5.32 Å². The molecular formula is C16H21N3O2. The molecule has 0 radical (unpaired) electrons. The highest BCUT2D eigenvalue weighted by Crippen LogP contribution is 2.24. The summed E-state index contributed by atoms with van der Waals surface area (Å²) < 4.78 is 6.65. The van der Waals surface area contributed by atoms with Crippen LogP contribution in [0.1, 0.15) is 21.6 Å². The van der Waals surface area contributed by atoms with Crippen molar-refractivity contribution < 1.29 is 9.53 Å². The van der Waals surface area contributed by atoms with Gasteiger partial charge in [0.05, 0.1) is 12.3 Å². The lowest BCUT2D eigenvalue weighted by Gasteiger charge is -2.06. The van der Waals surface area contributed by atoms with E-state index in [4.69, 9.17) is 4.74 Å². The van der Waals surface area contributed by atoms with Gasteiger partial charge in [-0.15, -0.1) is 0 Å². The molecule has 0 aliphatic heterocycles. The SMILES string of the molecule is COCCNC(=O)c1cc(-c2ccc(C)cc2C)n(C)n1. The van der Waals surface area contributed by atoms with E-state index >= 15 is 0 Å². The molecule has 21 heavy (non-hydrogen) atoms. The number of carbonyl (C=O) groups excluding carboxylic acids is 1. The molecule has 0 aliphatic carbocycles. The molecule has 0 bridgehead atoms. The largest absolute Gasteiger partial charge is 0.383 e. The van der Waals surface area contributed by atoms with Gasteiger partial charge < -0.3 is 10.1 Å². The van der Waals surface area contributed by atoms with Gasteiger partial charge in [-0.05, 0) is 25.5 Å². The van der Waals surface area contributed by atoms with Crippen LogP contribution in [-0.2, 0) is 11.8 Å². The van der Waals surface area contributed by atoms with Gasteiger partial charge in [0.25, 0.3) is 5.91 Å². The van der Waals surface area contributed by atoms with Crippen molar-refractivity contribution in [1.29, 1.82) is 0 Å². The molecular weight excluding hydrogens is 266 g/mol. The van der Waals surface area contributed by atoms with E-state index in [1.165, 1.54) is 11.1 Å². The number of carbonyl (C=O) groups is 1. The van der Waals surface area contributed by atoms with Crippen LogP contribution in [0.4, 0.5) is 0 Å². The fourth-order valence-corrected chi connectivity index (χ4v) is 2.29. The van der Waals surface area contributed by atoms with E-state index in [0.717, 1.165) is 11.3 Å². The van der Waals surface area contributed by atoms with Crippen LogP contribution in [0.25, 0.3) is 11.3 Å². The van der Waals surface area contributed by atoms with Crippen molar-refractivity contribution in [3.05, 3.63) is 41.1 Å². The lowest BCUT2D eigenvalue weighted by Crippen LogP contribution is -2.27. The predicted octanol–water partition coefficient (Wildman–Crippen LogP) is 2.08. The maximum atomic E-state index is 12.0. The Labute approximate surface area is 124 Å². The Hall–Kier alpha value is -2.14. The fourth-order valence-electron chi connectivity index (χ4n) is 2.29. The molecule has 0 saturated carbocycles. The van der Waals surface area contributed by atoms with Gasteiger partial charge in [0.1, 0.15) is 0 Å². The van der Waals surface area contributed by atoms with Crippen molar-refractivity contribution in [3.63, 3.8) is 0 Å². The number of aromatic nitrogens is 2. The highest BCUT2D eigenvalue weighted by molar-refractivity contribution is 5.93. The third-order valence-corrected chi connectivity index (χ3v) is 3.36. The third kappa shape index (κ3) is 3.49. The van der Waals surface area contributed by atoms with E-state index < -0.39 is 0 Å². The first-order chi connectivity index (χ1) is 10.0. The van der Waals surface area contributed by atoms with E-state index in [9.17, 15) is 4.79 Å². The van der Waals surface area contributed by atoms with Crippen LogP contribution in [0.2, 0.25) is 0 Å². The molecule has 0 spiro atoms. The molecule has 1 aromatic carbocycles. The third-order valence-electron chi connectivity index (χ3n) is 3.36. The molecule has 0 unspecified atom stereocenters. The van der Waals surface area contributed by atoms with Gasteiger partial charge in [0.15, 0.2) is 5.69 Å². The molecule has 0 saturated heterocycles. The molecule has 0 atom stereocenters. The van der Waals surface area contributed by atoms with Crippen molar-refractivity contribution in [3.8, 4) is 11.3 Å². The first-order valence-corrected chi connectivity index (χ1v) is 6.91. The van der Waals surface area contributed by atoms with Gasteiger partial charge in [-0.2, -0.15) is 5.10 Å². The Morgan fingerprint density at radius 3 is 2.76 bits per heavy atom. The summed E-state index contributed by atoms with van der Waals surface area (Å²) in [6.07, 6.45) is 0. The fraction of sp³-hybridized carbons (Fsp3) is 0.375. The minimum atomic E-state index is -0.182. The zero-order valence-electron chi connectivity index (χ0n) is 12.9. The van der Waals surface area contributed by atoms with Crippen molar-refractivity contribution in [1.82, 2.24) is 15.1 Å². The number of benzene rings is 1. The Kier molecular flexibility index (Phi) is 4.75. The Bertz CT molecular complexity index is 647. The predicted molar refractivity (Wildman–Crippen MR) is 82.3 cm³/mol. The maximum Gasteiger partial charge on any atom is 0.271 e. The van der Waals surface area contributed by atoms with Crippen LogP contribution in [0.5, 0.6) is 0 Å². The molecule has 2 rings (SSSR count). The van der Waals surface area contributed by atoms with Gasteiger partial charge >= 0.3 is 0 Å². The van der Waals surface area contributed by atoms with Crippen molar-refractivity contribution in [2.24, 2.45) is 7.05 Å². The number of nitrogens with zero attached hydrogens (tertiary/aromatic N) is 2. The summed E-state index contributed by atoms with van der Waals surface area (Å²) in [5, 5.41) is 7.07. The second-order valence-electron chi connectivity index (χ2n) is 5.11. The van der Waals surface area contributed by atoms with E-state index in [-0.39, 0.29) is 5.91 Å². The van der Waals surface area contributed by atoms with Crippen molar-refractivity contribution >= 4 is 5.91 Å². The number of ether oxygens (including phenoxy) is 1. The second kappa shape index (κ2) is 6.54. The van der Waals surface area contributed by atoms with Crippen molar-refractivity contribution in [2.45, 2.75) is 13.8 Å². The molecule has 5 heteroatoms. The van der Waals surface area contributed by atoms with Gasteiger partial charge in [-0.3, -0.25) is 9.48 Å². The lowest BCUT2D eigenvalue weighted by molar-refractivity contribution is 0.0931. The first-order valence-electron chi connectivity index (χ1n) is 6.91. The van der Waals surface area contributed by atoms with Gasteiger partial charge in [0, 0.05) is 26.3 Å². The van der Waals surface area contributed by atoms with Crippen molar-refractivity contribution in [2.75, 3.05) is 20.3 Å². The summed E-state index contributed by atoms with van der Waals surface area (Å²) >= 11 is 0. The molecule has 5 nitrogen and oxygen atoms in total. The van der Waals surface area contributed by atoms with Crippen LogP contribution in [0, 0.1) is 13.8 Å². The second-order valence-corrected chi connectivity index (χ2v) is 5.11. The molecule has 0 aliphatic rings.